The van der Waals surface area contributed by atoms with Crippen molar-refractivity contribution >= 4 is 29.1 Å². The minimum atomic E-state index is -0.215. The van der Waals surface area contributed by atoms with Gasteiger partial charge in [-0.25, -0.2) is 0 Å². The Hall–Kier alpha value is -3.15. The standard InChI is InChI=1S/C21H23N3O3/c1-24(2)21(27)16-7-5-8-17(13-16)22-19(25)11-10-15-12-14-6-3-4-9-18(14)23-20(15)26/h3-9,13,15H,10-12H2,1-2H3,(H,22,25)(H,23,26)/t15-/m0/s1. The van der Waals surface area contributed by atoms with Crippen molar-refractivity contribution in [3.8, 4) is 0 Å². The Morgan fingerprint density at radius 3 is 2.70 bits per heavy atom. The Morgan fingerprint density at radius 2 is 1.93 bits per heavy atom. The lowest BCUT2D eigenvalue weighted by atomic mass is 9.89. The van der Waals surface area contributed by atoms with Crippen LogP contribution in [0.25, 0.3) is 0 Å². The van der Waals surface area contributed by atoms with Crippen LogP contribution in [0.4, 0.5) is 11.4 Å². The summed E-state index contributed by atoms with van der Waals surface area (Å²) in [6.07, 6.45) is 1.36. The summed E-state index contributed by atoms with van der Waals surface area (Å²) < 4.78 is 0. The van der Waals surface area contributed by atoms with E-state index < -0.39 is 0 Å². The fourth-order valence-corrected chi connectivity index (χ4v) is 3.16. The van der Waals surface area contributed by atoms with Crippen LogP contribution in [0.1, 0.15) is 28.8 Å². The number of amides is 3. The average molecular weight is 365 g/mol. The molecule has 27 heavy (non-hydrogen) atoms. The topological polar surface area (TPSA) is 78.5 Å². The van der Waals surface area contributed by atoms with E-state index in [4.69, 9.17) is 0 Å². The van der Waals surface area contributed by atoms with E-state index in [2.05, 4.69) is 10.6 Å². The molecule has 1 atom stereocenters. The van der Waals surface area contributed by atoms with Gasteiger partial charge >= 0.3 is 0 Å². The van der Waals surface area contributed by atoms with Crippen molar-refractivity contribution in [3.63, 3.8) is 0 Å². The third-order valence-corrected chi connectivity index (χ3v) is 4.63. The van der Waals surface area contributed by atoms with Gasteiger partial charge in [-0.2, -0.15) is 0 Å². The monoisotopic (exact) mass is 365 g/mol. The first kappa shape index (κ1) is 18.6. The highest BCUT2D eigenvalue weighted by Gasteiger charge is 2.26. The molecular weight excluding hydrogens is 342 g/mol. The zero-order valence-electron chi connectivity index (χ0n) is 15.5. The normalized spacial score (nSPS) is 15.5. The van der Waals surface area contributed by atoms with Gasteiger partial charge in [-0.1, -0.05) is 24.3 Å². The number of hydrogen-bond donors (Lipinski definition) is 2. The molecule has 0 fully saturated rings. The second kappa shape index (κ2) is 8.03. The van der Waals surface area contributed by atoms with Gasteiger partial charge in [-0.05, 0) is 42.7 Å². The quantitative estimate of drug-likeness (QED) is 0.855. The number of carbonyl (C=O) groups is 3. The summed E-state index contributed by atoms with van der Waals surface area (Å²) in [5.74, 6) is -0.549. The molecule has 1 aliphatic heterocycles. The van der Waals surface area contributed by atoms with Crippen LogP contribution in [0.15, 0.2) is 48.5 Å². The van der Waals surface area contributed by atoms with Crippen molar-refractivity contribution < 1.29 is 14.4 Å². The summed E-state index contributed by atoms with van der Waals surface area (Å²) in [4.78, 5) is 38.0. The minimum Gasteiger partial charge on any atom is -0.345 e. The van der Waals surface area contributed by atoms with Crippen LogP contribution in [-0.2, 0) is 16.0 Å². The second-order valence-electron chi connectivity index (χ2n) is 6.91. The Balaban J connectivity index is 1.57. The summed E-state index contributed by atoms with van der Waals surface area (Å²) in [7, 11) is 3.36. The van der Waals surface area contributed by atoms with Crippen LogP contribution >= 0.6 is 0 Å². The van der Waals surface area contributed by atoms with Gasteiger partial charge in [0.15, 0.2) is 0 Å². The SMILES string of the molecule is CN(C)C(=O)c1cccc(NC(=O)CC[C@H]2Cc3ccccc3NC2=O)c1. The first-order valence-electron chi connectivity index (χ1n) is 8.94. The lowest BCUT2D eigenvalue weighted by molar-refractivity contribution is -0.121. The molecule has 0 aliphatic carbocycles. The van der Waals surface area contributed by atoms with Gasteiger partial charge in [0.1, 0.15) is 0 Å². The maximum absolute atomic E-state index is 12.3. The van der Waals surface area contributed by atoms with Crippen molar-refractivity contribution in [1.82, 2.24) is 4.90 Å². The van der Waals surface area contributed by atoms with Crippen LogP contribution < -0.4 is 10.6 Å². The van der Waals surface area contributed by atoms with Crippen LogP contribution in [0.5, 0.6) is 0 Å². The third kappa shape index (κ3) is 4.53. The molecule has 0 bridgehead atoms. The molecule has 1 heterocycles. The van der Waals surface area contributed by atoms with Gasteiger partial charge in [-0.15, -0.1) is 0 Å². The zero-order valence-corrected chi connectivity index (χ0v) is 15.5. The molecule has 3 amide bonds. The minimum absolute atomic E-state index is 0.0416. The molecule has 6 heteroatoms. The molecule has 6 nitrogen and oxygen atoms in total. The maximum Gasteiger partial charge on any atom is 0.253 e. The second-order valence-corrected chi connectivity index (χ2v) is 6.91. The van der Waals surface area contributed by atoms with Crippen molar-refractivity contribution in [3.05, 3.63) is 59.7 Å². The number of nitrogens with one attached hydrogen (secondary N) is 2. The number of carbonyl (C=O) groups excluding carboxylic acids is 3. The highest BCUT2D eigenvalue weighted by Crippen LogP contribution is 2.27. The molecule has 2 N–H and O–H groups in total. The molecular formula is C21H23N3O3. The summed E-state index contributed by atoms with van der Waals surface area (Å²) in [5.41, 5.74) is 3.04. The van der Waals surface area contributed by atoms with Crippen molar-refractivity contribution in [2.24, 2.45) is 5.92 Å². The smallest absolute Gasteiger partial charge is 0.253 e. The molecule has 3 rings (SSSR count). The molecule has 0 saturated heterocycles. The molecule has 140 valence electrons. The number of hydrogen-bond acceptors (Lipinski definition) is 3. The first-order valence-corrected chi connectivity index (χ1v) is 8.94. The Morgan fingerprint density at radius 1 is 1.15 bits per heavy atom. The van der Waals surface area contributed by atoms with E-state index >= 15 is 0 Å². The Labute approximate surface area is 158 Å². The molecule has 0 spiro atoms. The number of rotatable bonds is 5. The van der Waals surface area contributed by atoms with Crippen LogP contribution in [0, 0.1) is 5.92 Å². The third-order valence-electron chi connectivity index (χ3n) is 4.63. The summed E-state index contributed by atoms with van der Waals surface area (Å²) in [6.45, 7) is 0. The predicted molar refractivity (Wildman–Crippen MR) is 105 cm³/mol. The van der Waals surface area contributed by atoms with E-state index in [1.807, 2.05) is 24.3 Å². The van der Waals surface area contributed by atoms with Crippen LogP contribution in [0.3, 0.4) is 0 Å². The number of nitrogens with zero attached hydrogens (tertiary/aromatic N) is 1. The van der Waals surface area contributed by atoms with E-state index in [0.717, 1.165) is 11.3 Å². The molecule has 0 saturated carbocycles. The van der Waals surface area contributed by atoms with Gasteiger partial charge in [0, 0.05) is 43.4 Å². The van der Waals surface area contributed by atoms with Crippen molar-refractivity contribution in [1.29, 1.82) is 0 Å². The first-order chi connectivity index (χ1) is 12.9. The average Bonchev–Trinajstić information content (AvgIpc) is 2.65. The summed E-state index contributed by atoms with van der Waals surface area (Å²) in [5, 5.41) is 5.71. The lowest BCUT2D eigenvalue weighted by Crippen LogP contribution is -2.30. The highest BCUT2D eigenvalue weighted by molar-refractivity contribution is 5.98. The summed E-state index contributed by atoms with van der Waals surface area (Å²) >= 11 is 0. The summed E-state index contributed by atoms with van der Waals surface area (Å²) in [6, 6.07) is 14.6. The molecule has 0 aromatic heterocycles. The Bertz CT molecular complexity index is 876. The largest absolute Gasteiger partial charge is 0.345 e. The van der Waals surface area contributed by atoms with E-state index in [0.29, 0.717) is 24.1 Å². The van der Waals surface area contributed by atoms with E-state index in [9.17, 15) is 14.4 Å². The maximum atomic E-state index is 12.3. The number of fused-ring (bicyclic) bond motifs is 1. The van der Waals surface area contributed by atoms with E-state index in [1.54, 1.807) is 38.4 Å². The van der Waals surface area contributed by atoms with Gasteiger partial charge < -0.3 is 15.5 Å². The van der Waals surface area contributed by atoms with Gasteiger partial charge in [0.05, 0.1) is 0 Å². The molecule has 1 aliphatic rings. The van der Waals surface area contributed by atoms with Gasteiger partial charge in [-0.3, -0.25) is 14.4 Å². The van der Waals surface area contributed by atoms with E-state index in [1.165, 1.54) is 4.90 Å². The van der Waals surface area contributed by atoms with Crippen LogP contribution in [-0.4, -0.2) is 36.7 Å². The molecule has 0 unspecified atom stereocenters. The Kier molecular flexibility index (Phi) is 5.54. The number of benzene rings is 2. The molecule has 2 aromatic carbocycles. The number of anilines is 2. The fourth-order valence-electron chi connectivity index (χ4n) is 3.16. The molecule has 0 radical (unpaired) electrons. The van der Waals surface area contributed by atoms with Crippen LogP contribution in [0.2, 0.25) is 0 Å². The van der Waals surface area contributed by atoms with E-state index in [-0.39, 0.29) is 30.1 Å². The predicted octanol–water partition coefficient (Wildman–Crippen LogP) is 2.92. The highest BCUT2D eigenvalue weighted by atomic mass is 16.2. The lowest BCUT2D eigenvalue weighted by Gasteiger charge is -2.24. The van der Waals surface area contributed by atoms with Crippen molar-refractivity contribution in [2.45, 2.75) is 19.3 Å². The molecule has 2 aromatic rings. The van der Waals surface area contributed by atoms with Gasteiger partial charge in [0.2, 0.25) is 11.8 Å². The van der Waals surface area contributed by atoms with Gasteiger partial charge in [0.25, 0.3) is 5.91 Å². The zero-order chi connectivity index (χ0) is 19.4. The number of para-hydroxylation sites is 1. The fraction of sp³-hybridized carbons (Fsp3) is 0.286. The van der Waals surface area contributed by atoms with Crippen molar-refractivity contribution in [2.75, 3.05) is 24.7 Å².